The number of aromatic nitrogens is 1. The summed E-state index contributed by atoms with van der Waals surface area (Å²) in [6.45, 7) is 3.20. The first-order valence-corrected chi connectivity index (χ1v) is 5.70. The van der Waals surface area contributed by atoms with Crippen LogP contribution in [0.3, 0.4) is 0 Å². The van der Waals surface area contributed by atoms with Crippen LogP contribution < -0.4 is 10.6 Å². The van der Waals surface area contributed by atoms with Crippen LogP contribution in [0.25, 0.3) is 0 Å². The molecule has 2 N–H and O–H groups in total. The molecule has 4 heteroatoms. The molecule has 0 bridgehead atoms. The van der Waals surface area contributed by atoms with Gasteiger partial charge in [0.25, 0.3) is 0 Å². The van der Waals surface area contributed by atoms with Crippen molar-refractivity contribution >= 4 is 5.82 Å². The molecule has 2 rings (SSSR count). The molecule has 1 aromatic heterocycles. The number of pyridine rings is 1. The third kappa shape index (κ3) is 2.94. The molecule has 1 saturated heterocycles. The molecule has 16 heavy (non-hydrogen) atoms. The number of nitrogens with zero attached hydrogens (tertiary/aromatic N) is 2. The van der Waals surface area contributed by atoms with Gasteiger partial charge in [-0.3, -0.25) is 0 Å². The van der Waals surface area contributed by atoms with Crippen LogP contribution in [0.5, 0.6) is 0 Å². The van der Waals surface area contributed by atoms with Gasteiger partial charge in [0.05, 0.1) is 0 Å². The highest BCUT2D eigenvalue weighted by Crippen LogP contribution is 2.12. The number of nitrogens with one attached hydrogen (secondary N) is 2. The molecular formula is C12H16N4. The fourth-order valence-electron chi connectivity index (χ4n) is 1.96. The van der Waals surface area contributed by atoms with Crippen LogP contribution in [0.2, 0.25) is 0 Å². The van der Waals surface area contributed by atoms with Gasteiger partial charge in [0.2, 0.25) is 0 Å². The lowest BCUT2D eigenvalue weighted by Gasteiger charge is -2.09. The van der Waals surface area contributed by atoms with Crippen molar-refractivity contribution in [3.05, 3.63) is 23.9 Å². The van der Waals surface area contributed by atoms with E-state index in [1.165, 1.54) is 6.42 Å². The zero-order valence-electron chi connectivity index (χ0n) is 9.24. The predicted octanol–water partition coefficient (Wildman–Crippen LogP) is 1.36. The summed E-state index contributed by atoms with van der Waals surface area (Å²) in [5.74, 6) is 1.58. The van der Waals surface area contributed by atoms with E-state index >= 15 is 0 Å². The first kappa shape index (κ1) is 10.9. The van der Waals surface area contributed by atoms with Gasteiger partial charge < -0.3 is 10.6 Å². The van der Waals surface area contributed by atoms with Crippen LogP contribution in [-0.2, 0) is 0 Å². The fraction of sp³-hybridized carbons (Fsp3) is 0.500. The summed E-state index contributed by atoms with van der Waals surface area (Å²) in [6.07, 6.45) is 2.43. The summed E-state index contributed by atoms with van der Waals surface area (Å²) in [5, 5.41) is 15.3. The summed E-state index contributed by atoms with van der Waals surface area (Å²) >= 11 is 0. The van der Waals surface area contributed by atoms with Crippen molar-refractivity contribution in [2.75, 3.05) is 25.0 Å². The summed E-state index contributed by atoms with van der Waals surface area (Å²) in [5.41, 5.74) is 0.465. The second kappa shape index (κ2) is 5.47. The Labute approximate surface area is 95.7 Å². The standard InChI is InChI=1S/C12H16N4/c13-8-11-2-1-3-12(16-11)15-7-5-10-4-6-14-9-10/h1-3,10,14H,4-7,9H2,(H,15,16). The van der Waals surface area contributed by atoms with Crippen molar-refractivity contribution in [1.82, 2.24) is 10.3 Å². The number of nitriles is 1. The molecule has 0 spiro atoms. The van der Waals surface area contributed by atoms with E-state index in [-0.39, 0.29) is 0 Å². The summed E-state index contributed by atoms with van der Waals surface area (Å²) in [7, 11) is 0. The van der Waals surface area contributed by atoms with E-state index in [1.807, 2.05) is 18.2 Å². The van der Waals surface area contributed by atoms with E-state index in [4.69, 9.17) is 5.26 Å². The van der Waals surface area contributed by atoms with Crippen molar-refractivity contribution in [3.8, 4) is 6.07 Å². The summed E-state index contributed by atoms with van der Waals surface area (Å²) in [6, 6.07) is 7.50. The minimum atomic E-state index is 0.465. The Morgan fingerprint density at radius 3 is 3.25 bits per heavy atom. The predicted molar refractivity (Wildman–Crippen MR) is 63.0 cm³/mol. The van der Waals surface area contributed by atoms with Gasteiger partial charge in [0.15, 0.2) is 0 Å². The van der Waals surface area contributed by atoms with E-state index in [1.54, 1.807) is 6.07 Å². The van der Waals surface area contributed by atoms with Crippen LogP contribution in [0, 0.1) is 17.2 Å². The highest BCUT2D eigenvalue weighted by Gasteiger charge is 2.13. The largest absolute Gasteiger partial charge is 0.370 e. The fourth-order valence-corrected chi connectivity index (χ4v) is 1.96. The van der Waals surface area contributed by atoms with Crippen LogP contribution in [0.4, 0.5) is 5.82 Å². The Kier molecular flexibility index (Phi) is 3.73. The van der Waals surface area contributed by atoms with Gasteiger partial charge in [0.1, 0.15) is 17.6 Å². The maximum Gasteiger partial charge on any atom is 0.142 e. The molecule has 2 heterocycles. The van der Waals surface area contributed by atoms with Crippen molar-refractivity contribution in [3.63, 3.8) is 0 Å². The van der Waals surface area contributed by atoms with Gasteiger partial charge in [-0.25, -0.2) is 4.98 Å². The average Bonchev–Trinajstić information content (AvgIpc) is 2.82. The van der Waals surface area contributed by atoms with Crippen molar-refractivity contribution in [2.24, 2.45) is 5.92 Å². The maximum absolute atomic E-state index is 8.71. The van der Waals surface area contributed by atoms with Crippen molar-refractivity contribution in [1.29, 1.82) is 5.26 Å². The second-order valence-electron chi connectivity index (χ2n) is 4.09. The van der Waals surface area contributed by atoms with Gasteiger partial charge in [-0.1, -0.05) is 6.07 Å². The Hall–Kier alpha value is -1.60. The minimum Gasteiger partial charge on any atom is -0.370 e. The highest BCUT2D eigenvalue weighted by atomic mass is 15.0. The normalized spacial score (nSPS) is 19.3. The van der Waals surface area contributed by atoms with Gasteiger partial charge in [0, 0.05) is 6.54 Å². The lowest BCUT2D eigenvalue weighted by atomic mass is 10.1. The zero-order valence-corrected chi connectivity index (χ0v) is 9.24. The molecule has 1 atom stereocenters. The Balaban J connectivity index is 1.78. The quantitative estimate of drug-likeness (QED) is 0.798. The summed E-state index contributed by atoms with van der Waals surface area (Å²) in [4.78, 5) is 4.17. The van der Waals surface area contributed by atoms with Gasteiger partial charge >= 0.3 is 0 Å². The van der Waals surface area contributed by atoms with Gasteiger partial charge in [-0.2, -0.15) is 5.26 Å². The first-order chi connectivity index (χ1) is 7.88. The Morgan fingerprint density at radius 2 is 2.50 bits per heavy atom. The van der Waals surface area contributed by atoms with Crippen molar-refractivity contribution < 1.29 is 0 Å². The molecule has 1 unspecified atom stereocenters. The molecule has 0 saturated carbocycles. The third-order valence-electron chi connectivity index (χ3n) is 2.88. The van der Waals surface area contributed by atoms with Crippen molar-refractivity contribution in [2.45, 2.75) is 12.8 Å². The monoisotopic (exact) mass is 216 g/mol. The molecule has 1 aliphatic rings. The lowest BCUT2D eigenvalue weighted by molar-refractivity contribution is 0.549. The topological polar surface area (TPSA) is 60.7 Å². The smallest absolute Gasteiger partial charge is 0.142 e. The zero-order chi connectivity index (χ0) is 11.2. The molecule has 1 aliphatic heterocycles. The number of hydrogen-bond donors (Lipinski definition) is 2. The van der Waals surface area contributed by atoms with Gasteiger partial charge in [-0.15, -0.1) is 0 Å². The molecule has 0 aromatic carbocycles. The van der Waals surface area contributed by atoms with E-state index < -0.39 is 0 Å². The molecule has 4 nitrogen and oxygen atoms in total. The molecule has 0 aliphatic carbocycles. The van der Waals surface area contributed by atoms with Gasteiger partial charge in [-0.05, 0) is 44.0 Å². The molecule has 1 fully saturated rings. The van der Waals surface area contributed by atoms with E-state index in [9.17, 15) is 0 Å². The van der Waals surface area contributed by atoms with Crippen LogP contribution in [0.15, 0.2) is 18.2 Å². The SMILES string of the molecule is N#Cc1cccc(NCCC2CCNC2)n1. The number of anilines is 1. The minimum absolute atomic E-state index is 0.465. The van der Waals surface area contributed by atoms with E-state index in [0.717, 1.165) is 37.8 Å². The third-order valence-corrected chi connectivity index (χ3v) is 2.88. The van der Waals surface area contributed by atoms with Crippen LogP contribution >= 0.6 is 0 Å². The Bertz CT molecular complexity index is 377. The molecule has 0 radical (unpaired) electrons. The maximum atomic E-state index is 8.71. The van der Waals surface area contributed by atoms with E-state index in [0.29, 0.717) is 5.69 Å². The number of hydrogen-bond acceptors (Lipinski definition) is 4. The van der Waals surface area contributed by atoms with Crippen LogP contribution in [-0.4, -0.2) is 24.6 Å². The number of rotatable bonds is 4. The first-order valence-electron chi connectivity index (χ1n) is 5.70. The Morgan fingerprint density at radius 1 is 1.56 bits per heavy atom. The highest BCUT2D eigenvalue weighted by molar-refractivity contribution is 5.38. The second-order valence-corrected chi connectivity index (χ2v) is 4.09. The lowest BCUT2D eigenvalue weighted by Crippen LogP contribution is -2.13. The average molecular weight is 216 g/mol. The summed E-state index contributed by atoms with van der Waals surface area (Å²) < 4.78 is 0. The molecular weight excluding hydrogens is 200 g/mol. The van der Waals surface area contributed by atoms with Crippen LogP contribution in [0.1, 0.15) is 18.5 Å². The van der Waals surface area contributed by atoms with E-state index in [2.05, 4.69) is 15.6 Å². The molecule has 0 amide bonds. The molecule has 84 valence electrons. The molecule has 1 aromatic rings.